The third-order valence-electron chi connectivity index (χ3n) is 4.13. The molecule has 2 heterocycles. The minimum Gasteiger partial charge on any atom is -0.359 e. The average molecular weight is 379 g/mol. The van der Waals surface area contributed by atoms with Crippen LogP contribution in [0.4, 0.5) is 19.0 Å². The number of aromatic amines is 1. The summed E-state index contributed by atoms with van der Waals surface area (Å²) in [6, 6.07) is 3.05. The molecule has 1 unspecified atom stereocenters. The summed E-state index contributed by atoms with van der Waals surface area (Å²) in [6.07, 6.45) is -1.63. The molecule has 27 heavy (non-hydrogen) atoms. The Hall–Kier alpha value is -2.78. The van der Waals surface area contributed by atoms with Crippen LogP contribution < -0.4 is 5.32 Å². The highest BCUT2D eigenvalue weighted by Crippen LogP contribution is 2.34. The van der Waals surface area contributed by atoms with Crippen LogP contribution in [0.2, 0.25) is 0 Å². The van der Waals surface area contributed by atoms with Gasteiger partial charge in [-0.25, -0.2) is 9.97 Å². The summed E-state index contributed by atoms with van der Waals surface area (Å²) in [4.78, 5) is 8.20. The van der Waals surface area contributed by atoms with Crippen LogP contribution in [0.5, 0.6) is 0 Å². The van der Waals surface area contributed by atoms with Gasteiger partial charge in [-0.15, -0.1) is 10.2 Å². The molecular weight excluding hydrogens is 359 g/mol. The predicted molar refractivity (Wildman–Crippen MR) is 93.8 cm³/mol. The highest BCUT2D eigenvalue weighted by atomic mass is 19.4. The minimum atomic E-state index is -4.44. The van der Waals surface area contributed by atoms with E-state index in [9.17, 15) is 13.2 Å². The number of halogens is 3. The number of rotatable bonds is 5. The van der Waals surface area contributed by atoms with E-state index in [-0.39, 0.29) is 16.8 Å². The zero-order valence-electron chi connectivity index (χ0n) is 15.2. The van der Waals surface area contributed by atoms with Crippen molar-refractivity contribution in [3.05, 3.63) is 35.9 Å². The molecule has 0 fully saturated rings. The smallest absolute Gasteiger partial charge is 0.359 e. The van der Waals surface area contributed by atoms with Gasteiger partial charge in [0, 0.05) is 5.39 Å². The number of aromatic nitrogens is 6. The van der Waals surface area contributed by atoms with Crippen molar-refractivity contribution in [3.8, 4) is 0 Å². The fourth-order valence-electron chi connectivity index (χ4n) is 2.67. The van der Waals surface area contributed by atoms with Crippen LogP contribution >= 0.6 is 0 Å². The Bertz CT molecular complexity index is 901. The maximum Gasteiger partial charge on any atom is 0.416 e. The van der Waals surface area contributed by atoms with Crippen molar-refractivity contribution in [1.29, 1.82) is 0 Å². The van der Waals surface area contributed by atoms with Gasteiger partial charge in [-0.3, -0.25) is 0 Å². The van der Waals surface area contributed by atoms with E-state index in [1.54, 1.807) is 0 Å². The highest BCUT2D eigenvalue weighted by molar-refractivity contribution is 5.89. The lowest BCUT2D eigenvalue weighted by molar-refractivity contribution is -0.137. The number of tetrazole rings is 1. The molecule has 3 rings (SSSR count). The van der Waals surface area contributed by atoms with Crippen LogP contribution in [-0.2, 0) is 6.18 Å². The maximum atomic E-state index is 13.1. The van der Waals surface area contributed by atoms with Gasteiger partial charge in [0.2, 0.25) is 0 Å². The van der Waals surface area contributed by atoms with Crippen molar-refractivity contribution in [1.82, 2.24) is 30.6 Å². The Labute approximate surface area is 153 Å². The van der Waals surface area contributed by atoms with Gasteiger partial charge in [0.05, 0.1) is 17.1 Å². The van der Waals surface area contributed by atoms with Crippen molar-refractivity contribution < 1.29 is 13.2 Å². The van der Waals surface area contributed by atoms with Gasteiger partial charge in [-0.1, -0.05) is 26.0 Å². The molecular formula is C17H20F3N7. The maximum absolute atomic E-state index is 13.1. The summed E-state index contributed by atoms with van der Waals surface area (Å²) in [5.41, 5.74) is -0.261. The summed E-state index contributed by atoms with van der Waals surface area (Å²) in [5.74, 6) is 0.729. The van der Waals surface area contributed by atoms with Crippen molar-refractivity contribution in [2.45, 2.75) is 45.8 Å². The molecule has 0 aliphatic rings. The first kappa shape index (κ1) is 19.0. The van der Waals surface area contributed by atoms with Gasteiger partial charge in [0.15, 0.2) is 5.82 Å². The number of hydrogen-bond acceptors (Lipinski definition) is 6. The summed E-state index contributed by atoms with van der Waals surface area (Å²) in [5, 5.41) is 17.5. The molecule has 0 radical (unpaired) electrons. The lowest BCUT2D eigenvalue weighted by Crippen LogP contribution is -2.17. The molecule has 0 aliphatic heterocycles. The third kappa shape index (κ3) is 4.69. The van der Waals surface area contributed by atoms with E-state index >= 15 is 0 Å². The fourth-order valence-corrected chi connectivity index (χ4v) is 2.67. The number of hydrogen-bond donors (Lipinski definition) is 2. The van der Waals surface area contributed by atoms with E-state index in [4.69, 9.17) is 0 Å². The number of nitrogens with one attached hydrogen (secondary N) is 2. The Morgan fingerprint density at radius 3 is 2.56 bits per heavy atom. The highest BCUT2D eigenvalue weighted by Gasteiger charge is 2.31. The molecule has 0 saturated carbocycles. The molecule has 7 nitrogen and oxygen atoms in total. The Morgan fingerprint density at radius 2 is 1.93 bits per heavy atom. The summed E-state index contributed by atoms with van der Waals surface area (Å²) in [6.45, 7) is 6.32. The first-order valence-corrected chi connectivity index (χ1v) is 8.45. The van der Waals surface area contributed by atoms with Gasteiger partial charge < -0.3 is 5.32 Å². The summed E-state index contributed by atoms with van der Waals surface area (Å²) in [7, 11) is 0. The van der Waals surface area contributed by atoms with Crippen LogP contribution in [0.1, 0.15) is 51.0 Å². The third-order valence-corrected chi connectivity index (χ3v) is 4.13. The topological polar surface area (TPSA) is 92.3 Å². The summed E-state index contributed by atoms with van der Waals surface area (Å²) >= 11 is 0. The largest absolute Gasteiger partial charge is 0.416 e. The Kier molecular flexibility index (Phi) is 4.99. The monoisotopic (exact) mass is 379 g/mol. The molecule has 0 saturated heterocycles. The van der Waals surface area contributed by atoms with Crippen molar-refractivity contribution in [2.24, 2.45) is 5.41 Å². The first-order chi connectivity index (χ1) is 12.6. The molecule has 144 valence electrons. The second kappa shape index (κ2) is 7.09. The minimum absolute atomic E-state index is 0.0703. The van der Waals surface area contributed by atoms with E-state index in [1.165, 1.54) is 12.4 Å². The van der Waals surface area contributed by atoms with Crippen LogP contribution in [0.15, 0.2) is 24.5 Å². The van der Waals surface area contributed by atoms with E-state index in [2.05, 4.69) is 56.7 Å². The summed E-state index contributed by atoms with van der Waals surface area (Å²) < 4.78 is 39.3. The number of H-pyrrole nitrogens is 1. The number of fused-ring (bicyclic) bond motifs is 1. The average Bonchev–Trinajstić information content (AvgIpc) is 3.11. The van der Waals surface area contributed by atoms with E-state index in [0.717, 1.165) is 18.6 Å². The van der Waals surface area contributed by atoms with Gasteiger partial charge in [-0.05, 0) is 36.5 Å². The molecule has 2 N–H and O–H groups in total. The lowest BCUT2D eigenvalue weighted by Gasteiger charge is -2.23. The second-order valence-electron chi connectivity index (χ2n) is 7.52. The molecule has 0 amide bonds. The SMILES string of the molecule is CC(C)(C)CCC(Nc1ncnc2ccc(C(F)(F)F)cc12)c1nn[nH]n1. The molecule has 1 atom stereocenters. The van der Waals surface area contributed by atoms with Gasteiger partial charge >= 0.3 is 6.18 Å². The van der Waals surface area contributed by atoms with E-state index in [1.807, 2.05) is 0 Å². The number of alkyl halides is 3. The van der Waals surface area contributed by atoms with Crippen LogP contribution in [0, 0.1) is 5.41 Å². The van der Waals surface area contributed by atoms with Gasteiger partial charge in [-0.2, -0.15) is 18.4 Å². The van der Waals surface area contributed by atoms with Gasteiger partial charge in [0.25, 0.3) is 0 Å². The molecule has 3 aromatic rings. The molecule has 0 bridgehead atoms. The standard InChI is InChI=1S/C17H20F3N7/c1-16(2,3)7-6-13(15-24-26-27-25-15)23-14-11-8-10(17(18,19)20)4-5-12(11)21-9-22-14/h4-5,8-9,13H,6-7H2,1-3H3,(H,21,22,23)(H,24,25,26,27). The van der Waals surface area contributed by atoms with Crippen LogP contribution in [0.3, 0.4) is 0 Å². The van der Waals surface area contributed by atoms with Crippen molar-refractivity contribution >= 4 is 16.7 Å². The number of anilines is 1. The number of nitrogens with zero attached hydrogens (tertiary/aromatic N) is 5. The zero-order chi connectivity index (χ0) is 19.7. The molecule has 2 aromatic heterocycles. The molecule has 10 heteroatoms. The predicted octanol–water partition coefficient (Wildman–Crippen LogP) is 4.14. The van der Waals surface area contributed by atoms with Crippen molar-refractivity contribution in [2.75, 3.05) is 5.32 Å². The van der Waals surface area contributed by atoms with Crippen molar-refractivity contribution in [3.63, 3.8) is 0 Å². The normalized spacial score (nSPS) is 13.7. The van der Waals surface area contributed by atoms with E-state index < -0.39 is 11.7 Å². The Morgan fingerprint density at radius 1 is 1.15 bits per heavy atom. The zero-order valence-corrected chi connectivity index (χ0v) is 15.2. The lowest BCUT2D eigenvalue weighted by atomic mass is 9.88. The first-order valence-electron chi connectivity index (χ1n) is 8.45. The fraction of sp³-hybridized carbons (Fsp3) is 0.471. The van der Waals surface area contributed by atoms with Crippen LogP contribution in [-0.4, -0.2) is 30.6 Å². The molecule has 0 aliphatic carbocycles. The second-order valence-corrected chi connectivity index (χ2v) is 7.52. The number of benzene rings is 1. The van der Waals surface area contributed by atoms with E-state index in [0.29, 0.717) is 23.6 Å². The molecule has 0 spiro atoms. The quantitative estimate of drug-likeness (QED) is 0.692. The van der Waals surface area contributed by atoms with Gasteiger partial charge in [0.1, 0.15) is 12.1 Å². The Balaban J connectivity index is 1.96. The van der Waals surface area contributed by atoms with Crippen LogP contribution in [0.25, 0.3) is 10.9 Å². The molecule has 1 aromatic carbocycles.